The normalized spacial score (nSPS) is 11.4. The number of amides is 1. The molecule has 0 saturated heterocycles. The van der Waals surface area contributed by atoms with Gasteiger partial charge in [0.05, 0.1) is 19.9 Å². The fourth-order valence-electron chi connectivity index (χ4n) is 2.02. The number of carbonyl (C=O) groups is 1. The van der Waals surface area contributed by atoms with Crippen LogP contribution in [0.2, 0.25) is 0 Å². The van der Waals surface area contributed by atoms with Gasteiger partial charge >= 0.3 is 0 Å². The highest BCUT2D eigenvalue weighted by Crippen LogP contribution is 2.29. The Balaban J connectivity index is 2.10. The highest BCUT2D eigenvalue weighted by Gasteiger charge is 2.18. The number of methoxy groups -OCH3 is 2. The maximum absolute atomic E-state index is 12.3. The van der Waals surface area contributed by atoms with Crippen LogP contribution in [0.5, 0.6) is 17.2 Å². The summed E-state index contributed by atoms with van der Waals surface area (Å²) in [4.78, 5) is 12.3. The molecular formula is C17H20N2O4. The molecule has 1 amide bonds. The summed E-state index contributed by atoms with van der Waals surface area (Å²) in [6.07, 6.45) is -0.725. The van der Waals surface area contributed by atoms with Gasteiger partial charge in [0.25, 0.3) is 5.91 Å². The lowest BCUT2D eigenvalue weighted by molar-refractivity contribution is -0.122. The number of hydrogen-bond acceptors (Lipinski definition) is 5. The van der Waals surface area contributed by atoms with Gasteiger partial charge < -0.3 is 25.3 Å². The molecule has 0 spiro atoms. The number of nitrogens with two attached hydrogens (primary N) is 1. The van der Waals surface area contributed by atoms with Gasteiger partial charge in [0.2, 0.25) is 0 Å². The smallest absolute Gasteiger partial charge is 0.265 e. The Morgan fingerprint density at radius 3 is 2.35 bits per heavy atom. The fourth-order valence-corrected chi connectivity index (χ4v) is 2.02. The molecule has 2 rings (SSSR count). The molecule has 1 unspecified atom stereocenters. The quantitative estimate of drug-likeness (QED) is 0.801. The molecule has 122 valence electrons. The third kappa shape index (κ3) is 4.06. The number of anilines is 2. The van der Waals surface area contributed by atoms with Crippen LogP contribution in [0.4, 0.5) is 11.4 Å². The maximum atomic E-state index is 12.3. The molecule has 0 radical (unpaired) electrons. The van der Waals surface area contributed by atoms with E-state index in [1.807, 2.05) is 12.1 Å². The minimum Gasteiger partial charge on any atom is -0.495 e. The van der Waals surface area contributed by atoms with E-state index in [-0.39, 0.29) is 5.91 Å². The lowest BCUT2D eigenvalue weighted by atomic mass is 10.2. The summed E-state index contributed by atoms with van der Waals surface area (Å²) in [6, 6.07) is 12.2. The summed E-state index contributed by atoms with van der Waals surface area (Å²) in [5.41, 5.74) is 6.76. The van der Waals surface area contributed by atoms with Gasteiger partial charge in [0, 0.05) is 5.69 Å². The van der Waals surface area contributed by atoms with Crippen LogP contribution in [-0.2, 0) is 4.79 Å². The van der Waals surface area contributed by atoms with E-state index in [2.05, 4.69) is 5.32 Å². The third-order valence-electron chi connectivity index (χ3n) is 3.22. The van der Waals surface area contributed by atoms with Crippen LogP contribution in [0.15, 0.2) is 42.5 Å². The average Bonchev–Trinajstić information content (AvgIpc) is 2.55. The second-order valence-corrected chi connectivity index (χ2v) is 4.86. The number of nitrogens with one attached hydrogen (secondary N) is 1. The molecule has 0 aromatic heterocycles. The summed E-state index contributed by atoms with van der Waals surface area (Å²) in [5.74, 6) is 1.27. The molecule has 0 fully saturated rings. The average molecular weight is 316 g/mol. The standard InChI is InChI=1S/C17H20N2O4/c1-11(23-16-7-5-4-6-15(16)22-3)17(20)19-13-10-12(18)8-9-14(13)21-2/h4-11H,18H2,1-3H3,(H,19,20). The zero-order chi connectivity index (χ0) is 16.8. The van der Waals surface area contributed by atoms with Crippen molar-refractivity contribution in [1.82, 2.24) is 0 Å². The lowest BCUT2D eigenvalue weighted by Crippen LogP contribution is -2.30. The maximum Gasteiger partial charge on any atom is 0.265 e. The Hall–Kier alpha value is -2.89. The van der Waals surface area contributed by atoms with Crippen molar-refractivity contribution >= 4 is 17.3 Å². The second kappa shape index (κ2) is 7.40. The molecule has 0 aliphatic rings. The van der Waals surface area contributed by atoms with E-state index < -0.39 is 6.10 Å². The van der Waals surface area contributed by atoms with E-state index in [4.69, 9.17) is 19.9 Å². The first-order chi connectivity index (χ1) is 11.0. The Morgan fingerprint density at radius 2 is 1.70 bits per heavy atom. The van der Waals surface area contributed by atoms with Crippen LogP contribution in [0.3, 0.4) is 0 Å². The van der Waals surface area contributed by atoms with Crippen molar-refractivity contribution in [3.05, 3.63) is 42.5 Å². The highest BCUT2D eigenvalue weighted by atomic mass is 16.5. The van der Waals surface area contributed by atoms with Crippen molar-refractivity contribution in [3.8, 4) is 17.2 Å². The highest BCUT2D eigenvalue weighted by molar-refractivity contribution is 5.96. The van der Waals surface area contributed by atoms with Crippen molar-refractivity contribution in [3.63, 3.8) is 0 Å². The summed E-state index contributed by atoms with van der Waals surface area (Å²) < 4.78 is 16.1. The second-order valence-electron chi connectivity index (χ2n) is 4.86. The van der Waals surface area contributed by atoms with Crippen molar-refractivity contribution in [2.45, 2.75) is 13.0 Å². The van der Waals surface area contributed by atoms with Crippen molar-refractivity contribution in [1.29, 1.82) is 0 Å². The lowest BCUT2D eigenvalue weighted by Gasteiger charge is -2.17. The number of ether oxygens (including phenoxy) is 3. The third-order valence-corrected chi connectivity index (χ3v) is 3.22. The summed E-state index contributed by atoms with van der Waals surface area (Å²) in [5, 5.41) is 2.75. The predicted octanol–water partition coefficient (Wildman–Crippen LogP) is 2.69. The number of para-hydroxylation sites is 2. The van der Waals surface area contributed by atoms with Crippen LogP contribution < -0.4 is 25.3 Å². The molecule has 0 heterocycles. The van der Waals surface area contributed by atoms with E-state index in [1.54, 1.807) is 44.4 Å². The van der Waals surface area contributed by atoms with Crippen LogP contribution >= 0.6 is 0 Å². The number of benzene rings is 2. The van der Waals surface area contributed by atoms with Gasteiger partial charge in [-0.2, -0.15) is 0 Å². The van der Waals surface area contributed by atoms with Crippen LogP contribution in [0.1, 0.15) is 6.92 Å². The monoisotopic (exact) mass is 316 g/mol. The van der Waals surface area contributed by atoms with E-state index in [0.29, 0.717) is 28.6 Å². The molecule has 23 heavy (non-hydrogen) atoms. The van der Waals surface area contributed by atoms with Gasteiger partial charge in [-0.1, -0.05) is 12.1 Å². The largest absolute Gasteiger partial charge is 0.495 e. The van der Waals surface area contributed by atoms with Gasteiger partial charge in [0.1, 0.15) is 5.75 Å². The zero-order valence-electron chi connectivity index (χ0n) is 13.3. The predicted molar refractivity (Wildman–Crippen MR) is 89.1 cm³/mol. The van der Waals surface area contributed by atoms with Gasteiger partial charge in [-0.3, -0.25) is 4.79 Å². The molecule has 6 heteroatoms. The first-order valence-electron chi connectivity index (χ1n) is 7.09. The molecule has 2 aromatic rings. The zero-order valence-corrected chi connectivity index (χ0v) is 13.3. The molecule has 6 nitrogen and oxygen atoms in total. The van der Waals surface area contributed by atoms with Crippen molar-refractivity contribution in [2.75, 3.05) is 25.3 Å². The van der Waals surface area contributed by atoms with Gasteiger partial charge in [0.15, 0.2) is 17.6 Å². The molecule has 3 N–H and O–H groups in total. The van der Waals surface area contributed by atoms with Gasteiger partial charge in [-0.15, -0.1) is 0 Å². The topological polar surface area (TPSA) is 82.8 Å². The van der Waals surface area contributed by atoms with Crippen LogP contribution in [0.25, 0.3) is 0 Å². The fraction of sp³-hybridized carbons (Fsp3) is 0.235. The number of rotatable bonds is 6. The number of nitrogen functional groups attached to an aromatic ring is 1. The molecular weight excluding hydrogens is 296 g/mol. The number of hydrogen-bond donors (Lipinski definition) is 2. The SMILES string of the molecule is COc1ccc(N)cc1NC(=O)C(C)Oc1ccccc1OC. The Morgan fingerprint density at radius 1 is 1.04 bits per heavy atom. The van der Waals surface area contributed by atoms with Gasteiger partial charge in [-0.05, 0) is 37.3 Å². The summed E-state index contributed by atoms with van der Waals surface area (Å²) in [7, 11) is 3.07. The first-order valence-corrected chi connectivity index (χ1v) is 7.09. The minimum absolute atomic E-state index is 0.320. The van der Waals surface area contributed by atoms with E-state index in [0.717, 1.165) is 0 Å². The minimum atomic E-state index is -0.725. The summed E-state index contributed by atoms with van der Waals surface area (Å²) in [6.45, 7) is 1.65. The van der Waals surface area contributed by atoms with E-state index in [1.165, 1.54) is 7.11 Å². The molecule has 0 bridgehead atoms. The van der Waals surface area contributed by atoms with E-state index >= 15 is 0 Å². The molecule has 0 aliphatic heterocycles. The molecule has 0 aliphatic carbocycles. The van der Waals surface area contributed by atoms with Crippen molar-refractivity contribution < 1.29 is 19.0 Å². The molecule has 0 saturated carbocycles. The summed E-state index contributed by atoms with van der Waals surface area (Å²) >= 11 is 0. The van der Waals surface area contributed by atoms with Crippen LogP contribution in [-0.4, -0.2) is 26.2 Å². The Kier molecular flexibility index (Phi) is 5.30. The Labute approximate surface area is 135 Å². The van der Waals surface area contributed by atoms with Gasteiger partial charge in [-0.25, -0.2) is 0 Å². The number of carbonyl (C=O) groups excluding carboxylic acids is 1. The van der Waals surface area contributed by atoms with Crippen molar-refractivity contribution in [2.24, 2.45) is 0 Å². The Bertz CT molecular complexity index is 688. The molecule has 1 atom stereocenters. The van der Waals surface area contributed by atoms with Crippen LogP contribution in [0, 0.1) is 0 Å². The first kappa shape index (κ1) is 16.5. The molecule has 2 aromatic carbocycles. The van der Waals surface area contributed by atoms with E-state index in [9.17, 15) is 4.79 Å².